The van der Waals surface area contributed by atoms with Crippen LogP contribution in [0.15, 0.2) is 36.4 Å². The average molecular weight is 395 g/mol. The topological polar surface area (TPSA) is 52.6 Å². The number of aliphatic hydroxyl groups excluding tert-OH is 1. The fourth-order valence-electron chi connectivity index (χ4n) is 2.76. The number of carbonyl (C=O) groups is 1. The zero-order valence-electron chi connectivity index (χ0n) is 15.1. The van der Waals surface area contributed by atoms with Crippen LogP contribution in [-0.4, -0.2) is 29.2 Å². The lowest BCUT2D eigenvalue weighted by atomic mass is 10.1. The first-order chi connectivity index (χ1) is 12.5. The number of rotatable bonds is 7. The predicted octanol–water partition coefficient (Wildman–Crippen LogP) is 5.28. The molecule has 0 bridgehead atoms. The highest BCUT2D eigenvalue weighted by Crippen LogP contribution is 2.24. The molecule has 140 valence electrons. The number of amides is 2. The molecule has 0 fully saturated rings. The molecule has 2 aromatic rings. The van der Waals surface area contributed by atoms with Gasteiger partial charge in [-0.05, 0) is 48.6 Å². The molecule has 2 rings (SSSR count). The highest BCUT2D eigenvalue weighted by atomic mass is 35.5. The molecule has 0 atom stereocenters. The third-order valence-electron chi connectivity index (χ3n) is 4.20. The van der Waals surface area contributed by atoms with Gasteiger partial charge in [0.25, 0.3) is 0 Å². The molecule has 2 N–H and O–H groups in total. The summed E-state index contributed by atoms with van der Waals surface area (Å²) in [7, 11) is 0. The van der Waals surface area contributed by atoms with Crippen molar-refractivity contribution in [1.29, 1.82) is 0 Å². The van der Waals surface area contributed by atoms with Crippen LogP contribution in [0.3, 0.4) is 0 Å². The number of urea groups is 1. The number of para-hydroxylation sites is 1. The lowest BCUT2D eigenvalue weighted by molar-refractivity contribution is 0.199. The van der Waals surface area contributed by atoms with Crippen LogP contribution in [0.2, 0.25) is 10.0 Å². The normalized spacial score (nSPS) is 10.7. The molecule has 0 saturated heterocycles. The summed E-state index contributed by atoms with van der Waals surface area (Å²) < 4.78 is 0. The van der Waals surface area contributed by atoms with Gasteiger partial charge >= 0.3 is 6.03 Å². The maximum Gasteiger partial charge on any atom is 0.322 e. The van der Waals surface area contributed by atoms with E-state index in [1.165, 1.54) is 0 Å². The minimum atomic E-state index is -0.200. The van der Waals surface area contributed by atoms with E-state index >= 15 is 0 Å². The van der Waals surface area contributed by atoms with Crippen molar-refractivity contribution >= 4 is 34.9 Å². The van der Waals surface area contributed by atoms with E-state index in [2.05, 4.69) is 12.2 Å². The summed E-state index contributed by atoms with van der Waals surface area (Å²) in [4.78, 5) is 14.5. The summed E-state index contributed by atoms with van der Waals surface area (Å²) in [6.45, 7) is 4.89. The van der Waals surface area contributed by atoms with Gasteiger partial charge in [-0.15, -0.1) is 0 Å². The van der Waals surface area contributed by atoms with Crippen LogP contribution in [0.4, 0.5) is 10.5 Å². The summed E-state index contributed by atoms with van der Waals surface area (Å²) >= 11 is 12.0. The monoisotopic (exact) mass is 394 g/mol. The van der Waals surface area contributed by atoms with Crippen molar-refractivity contribution in [3.63, 3.8) is 0 Å². The Morgan fingerprint density at radius 1 is 1.19 bits per heavy atom. The molecule has 0 aliphatic carbocycles. The number of carbonyl (C=O) groups excluding carboxylic acids is 1. The van der Waals surface area contributed by atoms with Crippen LogP contribution in [0.5, 0.6) is 0 Å². The Morgan fingerprint density at radius 2 is 1.96 bits per heavy atom. The zero-order chi connectivity index (χ0) is 19.1. The van der Waals surface area contributed by atoms with Gasteiger partial charge in [-0.25, -0.2) is 4.79 Å². The van der Waals surface area contributed by atoms with Crippen molar-refractivity contribution in [2.75, 3.05) is 18.5 Å². The first kappa shape index (κ1) is 20.6. The van der Waals surface area contributed by atoms with E-state index in [0.717, 1.165) is 28.8 Å². The summed E-state index contributed by atoms with van der Waals surface area (Å²) in [6, 6.07) is 11.1. The van der Waals surface area contributed by atoms with E-state index in [9.17, 15) is 4.79 Å². The number of hydrogen-bond acceptors (Lipinski definition) is 2. The van der Waals surface area contributed by atoms with Gasteiger partial charge in [0.1, 0.15) is 0 Å². The Kier molecular flexibility index (Phi) is 7.76. The van der Waals surface area contributed by atoms with Crippen molar-refractivity contribution in [3.8, 4) is 0 Å². The maximum atomic E-state index is 12.9. The number of aliphatic hydroxyl groups is 1. The number of hydrogen-bond donors (Lipinski definition) is 2. The average Bonchev–Trinajstić information content (AvgIpc) is 2.63. The van der Waals surface area contributed by atoms with Gasteiger partial charge in [0.2, 0.25) is 0 Å². The Bertz CT molecular complexity index is 765. The van der Waals surface area contributed by atoms with Gasteiger partial charge in [-0.1, -0.05) is 54.4 Å². The molecule has 0 heterocycles. The summed E-state index contributed by atoms with van der Waals surface area (Å²) in [6.07, 6.45) is 1.34. The minimum Gasteiger partial charge on any atom is -0.396 e. The second kappa shape index (κ2) is 9.81. The Labute approximate surface area is 164 Å². The van der Waals surface area contributed by atoms with Crippen molar-refractivity contribution in [1.82, 2.24) is 4.90 Å². The highest BCUT2D eigenvalue weighted by Gasteiger charge is 2.16. The lowest BCUT2D eigenvalue weighted by Gasteiger charge is -2.24. The van der Waals surface area contributed by atoms with Crippen LogP contribution in [0.25, 0.3) is 0 Å². The third-order valence-corrected chi connectivity index (χ3v) is 4.94. The molecule has 26 heavy (non-hydrogen) atoms. The Balaban J connectivity index is 2.20. The molecular weight excluding hydrogens is 371 g/mol. The minimum absolute atomic E-state index is 0.0235. The molecule has 0 unspecified atom stereocenters. The van der Waals surface area contributed by atoms with E-state index in [4.69, 9.17) is 28.3 Å². The number of nitrogens with zero attached hydrogens (tertiary/aromatic N) is 1. The first-order valence-corrected chi connectivity index (χ1v) is 9.41. The molecule has 0 saturated carbocycles. The van der Waals surface area contributed by atoms with Crippen LogP contribution in [-0.2, 0) is 13.0 Å². The van der Waals surface area contributed by atoms with E-state index < -0.39 is 0 Å². The van der Waals surface area contributed by atoms with Gasteiger partial charge in [0.15, 0.2) is 0 Å². The maximum absolute atomic E-state index is 12.9. The molecule has 0 aliphatic rings. The molecular formula is C20H24Cl2N2O2. The number of aryl methyl sites for hydroxylation is 2. The van der Waals surface area contributed by atoms with Gasteiger partial charge in [0, 0.05) is 25.4 Å². The molecule has 4 nitrogen and oxygen atoms in total. The molecule has 0 spiro atoms. The van der Waals surface area contributed by atoms with E-state index in [-0.39, 0.29) is 12.6 Å². The quantitative estimate of drug-likeness (QED) is 0.670. The van der Waals surface area contributed by atoms with Crippen molar-refractivity contribution in [2.24, 2.45) is 0 Å². The largest absolute Gasteiger partial charge is 0.396 e. The van der Waals surface area contributed by atoms with Crippen LogP contribution in [0, 0.1) is 6.92 Å². The second-order valence-electron chi connectivity index (χ2n) is 6.14. The predicted molar refractivity (Wildman–Crippen MR) is 108 cm³/mol. The van der Waals surface area contributed by atoms with Gasteiger partial charge in [-0.2, -0.15) is 0 Å². The van der Waals surface area contributed by atoms with Gasteiger partial charge in [0.05, 0.1) is 10.0 Å². The number of benzene rings is 2. The molecule has 0 aliphatic heterocycles. The molecule has 6 heteroatoms. The summed E-state index contributed by atoms with van der Waals surface area (Å²) in [5, 5.41) is 13.1. The van der Waals surface area contributed by atoms with Crippen molar-refractivity contribution < 1.29 is 9.90 Å². The third kappa shape index (κ3) is 5.37. The first-order valence-electron chi connectivity index (χ1n) is 8.65. The molecule has 0 radical (unpaired) electrons. The van der Waals surface area contributed by atoms with E-state index in [0.29, 0.717) is 29.6 Å². The smallest absolute Gasteiger partial charge is 0.322 e. The SMILES string of the molecule is CCc1cccc(C)c1NC(=O)N(CCCO)Cc1ccc(Cl)c(Cl)c1. The fraction of sp³-hybridized carbons (Fsp3) is 0.350. The van der Waals surface area contributed by atoms with Gasteiger partial charge < -0.3 is 15.3 Å². The zero-order valence-corrected chi connectivity index (χ0v) is 16.6. The van der Waals surface area contributed by atoms with Crippen LogP contribution in [0.1, 0.15) is 30.0 Å². The summed E-state index contributed by atoms with van der Waals surface area (Å²) in [5.41, 5.74) is 3.85. The van der Waals surface area contributed by atoms with Crippen molar-refractivity contribution in [3.05, 3.63) is 63.1 Å². The number of anilines is 1. The Morgan fingerprint density at radius 3 is 2.62 bits per heavy atom. The number of halogens is 2. The second-order valence-corrected chi connectivity index (χ2v) is 6.95. The molecule has 2 aromatic carbocycles. The van der Waals surface area contributed by atoms with Crippen LogP contribution >= 0.6 is 23.2 Å². The molecule has 2 amide bonds. The standard InChI is InChI=1S/C20H24Cl2N2O2/c1-3-16-7-4-6-14(2)19(16)23-20(26)24(10-5-11-25)13-15-8-9-17(21)18(22)12-15/h4,6-9,12,25H,3,5,10-11,13H2,1-2H3,(H,23,26). The van der Waals surface area contributed by atoms with E-state index in [1.807, 2.05) is 31.2 Å². The van der Waals surface area contributed by atoms with Crippen LogP contribution < -0.4 is 5.32 Å². The highest BCUT2D eigenvalue weighted by molar-refractivity contribution is 6.42. The van der Waals surface area contributed by atoms with E-state index in [1.54, 1.807) is 17.0 Å². The fourth-order valence-corrected chi connectivity index (χ4v) is 3.08. The summed E-state index contributed by atoms with van der Waals surface area (Å²) in [5.74, 6) is 0. The van der Waals surface area contributed by atoms with Crippen molar-refractivity contribution in [2.45, 2.75) is 33.2 Å². The molecule has 0 aromatic heterocycles. The number of nitrogens with one attached hydrogen (secondary N) is 1. The Hall–Kier alpha value is -1.75. The van der Waals surface area contributed by atoms with Gasteiger partial charge in [-0.3, -0.25) is 0 Å². The lowest BCUT2D eigenvalue weighted by Crippen LogP contribution is -2.36.